The smallest absolute Gasteiger partial charge is 0.361 e. The molecule has 5 rings (SSSR count). The predicted octanol–water partition coefficient (Wildman–Crippen LogP) is 0.947. The zero-order chi connectivity index (χ0) is 26.9. The fourth-order valence-corrected chi connectivity index (χ4v) is 5.78. The summed E-state index contributed by atoms with van der Waals surface area (Å²) in [6, 6.07) is 0.256. The standard InChI is InChI=1S/C22H31ClN5O9P/c23-21-26-18(25-13-5-1-2-6-13)14-9-24-28(19(14)27-21)20-17(30)16(29)15(37-20)10-36-22(38(31,32)33)11-34-7-3-4-8-35-12-22/h3-4,9,13,15-17,20,29-30H,1-2,5-8,10-12H2,(H,25,26,27)(H2,31,32,33)/b4-3-/t15-,16-,17-,20-/m1/s1. The molecule has 1 saturated carbocycles. The third kappa shape index (κ3) is 5.61. The van der Waals surface area contributed by atoms with Crippen molar-refractivity contribution in [1.82, 2.24) is 19.7 Å². The molecule has 0 spiro atoms. The average molecular weight is 576 g/mol. The van der Waals surface area contributed by atoms with Gasteiger partial charge in [-0.05, 0) is 24.4 Å². The molecule has 38 heavy (non-hydrogen) atoms. The molecule has 0 bridgehead atoms. The van der Waals surface area contributed by atoms with Gasteiger partial charge in [-0.15, -0.1) is 0 Å². The zero-order valence-corrected chi connectivity index (χ0v) is 22.1. The molecule has 4 heterocycles. The van der Waals surface area contributed by atoms with Crippen molar-refractivity contribution in [1.29, 1.82) is 0 Å². The molecule has 1 saturated heterocycles. The molecule has 2 fully saturated rings. The summed E-state index contributed by atoms with van der Waals surface area (Å²) in [6.45, 7) is -1.14. The van der Waals surface area contributed by atoms with E-state index in [1.54, 1.807) is 12.2 Å². The van der Waals surface area contributed by atoms with Gasteiger partial charge in [-0.25, -0.2) is 4.68 Å². The van der Waals surface area contributed by atoms with Gasteiger partial charge in [-0.3, -0.25) is 4.57 Å². The van der Waals surface area contributed by atoms with Crippen molar-refractivity contribution in [3.05, 3.63) is 23.6 Å². The number of fused-ring (bicyclic) bond motifs is 1. The summed E-state index contributed by atoms with van der Waals surface area (Å²) < 4.78 is 36.0. The lowest BCUT2D eigenvalue weighted by Crippen LogP contribution is -2.45. The Morgan fingerprint density at radius 2 is 1.82 bits per heavy atom. The number of halogens is 1. The van der Waals surface area contributed by atoms with E-state index in [4.69, 9.17) is 30.5 Å². The predicted molar refractivity (Wildman–Crippen MR) is 134 cm³/mol. The summed E-state index contributed by atoms with van der Waals surface area (Å²) in [7, 11) is -4.91. The summed E-state index contributed by atoms with van der Waals surface area (Å²) in [5, 5.41) is 27.7. The van der Waals surface area contributed by atoms with Gasteiger partial charge in [0.1, 0.15) is 24.1 Å². The van der Waals surface area contributed by atoms with E-state index < -0.39 is 57.3 Å². The minimum atomic E-state index is -4.91. The first-order valence-corrected chi connectivity index (χ1v) is 14.4. The van der Waals surface area contributed by atoms with Crippen molar-refractivity contribution in [2.45, 2.75) is 61.6 Å². The van der Waals surface area contributed by atoms with Gasteiger partial charge in [0.2, 0.25) is 10.6 Å². The number of aliphatic hydroxyl groups is 2. The summed E-state index contributed by atoms with van der Waals surface area (Å²) in [6.07, 6.45) is 3.90. The van der Waals surface area contributed by atoms with Crippen LogP contribution in [0.3, 0.4) is 0 Å². The lowest BCUT2D eigenvalue weighted by molar-refractivity contribution is -0.132. The molecule has 2 aliphatic heterocycles. The first-order valence-electron chi connectivity index (χ1n) is 12.4. The lowest BCUT2D eigenvalue weighted by Gasteiger charge is -2.34. The van der Waals surface area contributed by atoms with Crippen molar-refractivity contribution < 1.29 is 43.5 Å². The van der Waals surface area contributed by atoms with E-state index in [0.717, 1.165) is 25.7 Å². The fraction of sp³-hybridized carbons (Fsp3) is 0.682. The molecule has 5 N–H and O–H groups in total. The van der Waals surface area contributed by atoms with E-state index in [-0.39, 0.29) is 24.5 Å². The van der Waals surface area contributed by atoms with Crippen LogP contribution in [0, 0.1) is 0 Å². The Hall–Kier alpha value is -1.71. The van der Waals surface area contributed by atoms with E-state index >= 15 is 0 Å². The van der Waals surface area contributed by atoms with Gasteiger partial charge in [0.25, 0.3) is 0 Å². The molecule has 2 aromatic heterocycles. The number of hydrogen-bond donors (Lipinski definition) is 5. The van der Waals surface area contributed by atoms with Crippen molar-refractivity contribution in [3.63, 3.8) is 0 Å². The average Bonchev–Trinajstić information content (AvgIpc) is 3.60. The zero-order valence-electron chi connectivity index (χ0n) is 20.4. The molecule has 2 aromatic rings. The van der Waals surface area contributed by atoms with Crippen LogP contribution in [0.15, 0.2) is 18.3 Å². The van der Waals surface area contributed by atoms with Crippen molar-refractivity contribution in [3.8, 4) is 0 Å². The Morgan fingerprint density at radius 3 is 2.47 bits per heavy atom. The van der Waals surface area contributed by atoms with E-state index in [9.17, 15) is 24.6 Å². The quantitative estimate of drug-likeness (QED) is 0.178. The summed E-state index contributed by atoms with van der Waals surface area (Å²) in [5.41, 5.74) is 0.292. The number of nitrogens with one attached hydrogen (secondary N) is 1. The van der Waals surface area contributed by atoms with Crippen molar-refractivity contribution in [2.24, 2.45) is 0 Å². The molecule has 4 atom stereocenters. The molecule has 0 amide bonds. The van der Waals surface area contributed by atoms with Gasteiger partial charge in [-0.1, -0.05) is 25.0 Å². The Balaban J connectivity index is 1.35. The number of aromatic nitrogens is 4. The minimum Gasteiger partial charge on any atom is -0.387 e. The number of hydrogen-bond acceptors (Lipinski definition) is 11. The highest BCUT2D eigenvalue weighted by atomic mass is 35.5. The Kier molecular flexibility index (Phi) is 8.36. The molecule has 0 radical (unpaired) electrons. The maximum absolute atomic E-state index is 12.4. The third-order valence-corrected chi connectivity index (χ3v) is 8.62. The second kappa shape index (κ2) is 11.4. The van der Waals surface area contributed by atoms with Gasteiger partial charge in [-0.2, -0.15) is 15.1 Å². The summed E-state index contributed by atoms with van der Waals surface area (Å²) >= 11 is 6.19. The molecule has 14 nitrogen and oxygen atoms in total. The fourth-order valence-electron chi connectivity index (χ4n) is 4.85. The maximum atomic E-state index is 12.4. The van der Waals surface area contributed by atoms with E-state index in [0.29, 0.717) is 16.9 Å². The first kappa shape index (κ1) is 27.8. The molecule has 0 aromatic carbocycles. The Labute approximate surface area is 223 Å². The summed E-state index contributed by atoms with van der Waals surface area (Å²) in [4.78, 5) is 28.7. The van der Waals surface area contributed by atoms with Crippen LogP contribution in [0.2, 0.25) is 5.28 Å². The molecule has 0 unspecified atom stereocenters. The van der Waals surface area contributed by atoms with Crippen molar-refractivity contribution >= 4 is 36.0 Å². The normalized spacial score (nSPS) is 29.7. The largest absolute Gasteiger partial charge is 0.387 e. The molecule has 210 valence electrons. The Bertz CT molecular complexity index is 1190. The van der Waals surface area contributed by atoms with Crippen LogP contribution >= 0.6 is 19.2 Å². The number of anilines is 1. The lowest BCUT2D eigenvalue weighted by atomic mass is 10.1. The first-order chi connectivity index (χ1) is 18.2. The highest BCUT2D eigenvalue weighted by molar-refractivity contribution is 7.53. The van der Waals surface area contributed by atoms with Crippen LogP contribution in [0.5, 0.6) is 0 Å². The van der Waals surface area contributed by atoms with Crippen LogP contribution in [0.25, 0.3) is 11.0 Å². The second-order valence-corrected chi connectivity index (χ2v) is 11.9. The maximum Gasteiger partial charge on any atom is 0.361 e. The van der Waals surface area contributed by atoms with Gasteiger partial charge in [0.05, 0.1) is 44.6 Å². The van der Waals surface area contributed by atoms with Crippen LogP contribution < -0.4 is 5.32 Å². The highest BCUT2D eigenvalue weighted by Gasteiger charge is 2.52. The minimum absolute atomic E-state index is 0.0223. The van der Waals surface area contributed by atoms with Crippen LogP contribution in [0.4, 0.5) is 5.82 Å². The van der Waals surface area contributed by atoms with E-state index in [1.807, 2.05) is 0 Å². The van der Waals surface area contributed by atoms with Gasteiger partial charge >= 0.3 is 7.60 Å². The second-order valence-electron chi connectivity index (χ2n) is 9.64. The SMILES string of the molecule is O=P(O)(O)C1(OC[C@H]2O[C@@H](n3ncc4c(NC5CCCC5)nc(Cl)nc43)[C@H](O)[C@@H]2O)COC/C=C\COC1. The highest BCUT2D eigenvalue weighted by Crippen LogP contribution is 2.52. The van der Waals surface area contributed by atoms with Crippen LogP contribution in [-0.2, 0) is 23.5 Å². The monoisotopic (exact) mass is 575 g/mol. The van der Waals surface area contributed by atoms with Gasteiger partial charge < -0.3 is 44.3 Å². The number of rotatable bonds is 7. The van der Waals surface area contributed by atoms with Gasteiger partial charge in [0.15, 0.2) is 11.9 Å². The molecule has 3 aliphatic rings. The molecule has 1 aliphatic carbocycles. The molecule has 16 heteroatoms. The van der Waals surface area contributed by atoms with Crippen LogP contribution in [-0.4, -0.2) is 102 Å². The molecular weight excluding hydrogens is 545 g/mol. The summed E-state index contributed by atoms with van der Waals surface area (Å²) in [5.74, 6) is 0.518. The van der Waals surface area contributed by atoms with E-state index in [1.165, 1.54) is 10.9 Å². The topological polar surface area (TPSA) is 191 Å². The van der Waals surface area contributed by atoms with Gasteiger partial charge in [0, 0.05) is 6.04 Å². The molecular formula is C22H31ClN5O9P. The van der Waals surface area contributed by atoms with E-state index in [2.05, 4.69) is 20.4 Å². The Morgan fingerprint density at radius 1 is 1.13 bits per heavy atom. The van der Waals surface area contributed by atoms with Crippen molar-refractivity contribution in [2.75, 3.05) is 38.4 Å². The number of aliphatic hydroxyl groups excluding tert-OH is 2. The third-order valence-electron chi connectivity index (χ3n) is 7.00. The van der Waals surface area contributed by atoms with Crippen LogP contribution in [0.1, 0.15) is 31.9 Å². The number of ether oxygens (including phenoxy) is 4. The number of nitrogens with zero attached hydrogens (tertiary/aromatic N) is 4.